The van der Waals surface area contributed by atoms with Gasteiger partial charge in [-0.2, -0.15) is 0 Å². The second-order valence-corrected chi connectivity index (χ2v) is 5.17. The van der Waals surface area contributed by atoms with Crippen LogP contribution in [0.15, 0.2) is 30.3 Å². The highest BCUT2D eigenvalue weighted by molar-refractivity contribution is 7.17. The Morgan fingerprint density at radius 1 is 1.40 bits per heavy atom. The van der Waals surface area contributed by atoms with Crippen molar-refractivity contribution in [3.05, 3.63) is 50.3 Å². The summed E-state index contributed by atoms with van der Waals surface area (Å²) in [5, 5.41) is 13.5. The molecule has 0 saturated carbocycles. The zero-order valence-electron chi connectivity index (χ0n) is 10.3. The van der Waals surface area contributed by atoms with Crippen LogP contribution in [0.4, 0.5) is 10.7 Å². The normalized spacial score (nSPS) is 10.1. The molecule has 0 atom stereocenters. The highest BCUT2D eigenvalue weighted by atomic mass is 35.5. The summed E-state index contributed by atoms with van der Waals surface area (Å²) >= 11 is 6.75. The molecule has 0 saturated heterocycles. The lowest BCUT2D eigenvalue weighted by atomic mass is 10.3. The van der Waals surface area contributed by atoms with Crippen molar-refractivity contribution >= 4 is 39.5 Å². The van der Waals surface area contributed by atoms with Crippen LogP contribution in [0.5, 0.6) is 5.75 Å². The number of nitrogens with one attached hydrogen (secondary N) is 1. The van der Waals surface area contributed by atoms with E-state index in [-0.39, 0.29) is 9.88 Å². The number of amides is 1. The van der Waals surface area contributed by atoms with Crippen LogP contribution in [0.1, 0.15) is 9.67 Å². The lowest BCUT2D eigenvalue weighted by Gasteiger charge is -2.06. The van der Waals surface area contributed by atoms with Crippen LogP contribution in [0.2, 0.25) is 5.02 Å². The minimum Gasteiger partial charge on any atom is -0.495 e. The molecule has 20 heavy (non-hydrogen) atoms. The van der Waals surface area contributed by atoms with Crippen molar-refractivity contribution in [1.82, 2.24) is 0 Å². The van der Waals surface area contributed by atoms with Crippen molar-refractivity contribution in [2.24, 2.45) is 0 Å². The van der Waals surface area contributed by atoms with E-state index >= 15 is 0 Å². The Labute approximate surface area is 123 Å². The fraction of sp³-hybridized carbons (Fsp3) is 0.0833. The van der Waals surface area contributed by atoms with Gasteiger partial charge in [0.2, 0.25) is 0 Å². The quantitative estimate of drug-likeness (QED) is 0.691. The molecule has 0 bridgehead atoms. The monoisotopic (exact) mass is 312 g/mol. The molecule has 0 radical (unpaired) electrons. The molecule has 2 rings (SSSR count). The largest absolute Gasteiger partial charge is 0.495 e. The number of hydrogen-bond acceptors (Lipinski definition) is 5. The van der Waals surface area contributed by atoms with Crippen LogP contribution in [-0.4, -0.2) is 17.9 Å². The van der Waals surface area contributed by atoms with Gasteiger partial charge in [0.25, 0.3) is 5.91 Å². The Bertz CT molecular complexity index is 671. The van der Waals surface area contributed by atoms with E-state index in [2.05, 4.69) is 5.32 Å². The summed E-state index contributed by atoms with van der Waals surface area (Å²) in [5.74, 6) is 0.0701. The van der Waals surface area contributed by atoms with Gasteiger partial charge in [0, 0.05) is 11.8 Å². The van der Waals surface area contributed by atoms with Crippen molar-refractivity contribution < 1.29 is 14.5 Å². The molecule has 8 heteroatoms. The number of methoxy groups -OCH3 is 1. The average Bonchev–Trinajstić information content (AvgIpc) is 2.88. The number of rotatable bonds is 4. The Balaban J connectivity index is 2.14. The number of hydrogen-bond donors (Lipinski definition) is 1. The average molecular weight is 313 g/mol. The van der Waals surface area contributed by atoms with E-state index in [0.29, 0.717) is 16.5 Å². The zero-order chi connectivity index (χ0) is 14.7. The maximum Gasteiger partial charge on any atom is 0.324 e. The fourth-order valence-corrected chi connectivity index (χ4v) is 2.46. The van der Waals surface area contributed by atoms with Crippen LogP contribution in [0, 0.1) is 10.1 Å². The number of ether oxygens (including phenoxy) is 1. The first-order valence-electron chi connectivity index (χ1n) is 5.40. The van der Waals surface area contributed by atoms with Gasteiger partial charge in [-0.05, 0) is 24.3 Å². The molecule has 1 N–H and O–H groups in total. The topological polar surface area (TPSA) is 81.5 Å². The first-order chi connectivity index (χ1) is 9.51. The maximum atomic E-state index is 11.9. The zero-order valence-corrected chi connectivity index (χ0v) is 11.8. The van der Waals surface area contributed by atoms with E-state index in [1.165, 1.54) is 19.2 Å². The molecule has 0 fully saturated rings. The van der Waals surface area contributed by atoms with Gasteiger partial charge in [-0.1, -0.05) is 22.9 Å². The number of thiophene rings is 1. The standard InChI is InChI=1S/C12H9ClN2O4S/c1-19-9-3-2-7(6-8(9)13)14-12(16)10-4-5-11(20-10)15(17)18/h2-6H,1H3,(H,14,16). The van der Waals surface area contributed by atoms with E-state index < -0.39 is 10.8 Å². The van der Waals surface area contributed by atoms with Gasteiger partial charge in [-0.25, -0.2) is 0 Å². The first kappa shape index (κ1) is 14.3. The predicted octanol–water partition coefficient (Wildman–Crippen LogP) is 3.57. The first-order valence-corrected chi connectivity index (χ1v) is 6.60. The summed E-state index contributed by atoms with van der Waals surface area (Å²) in [6, 6.07) is 7.49. The number of halogens is 1. The summed E-state index contributed by atoms with van der Waals surface area (Å²) in [4.78, 5) is 22.2. The highest BCUT2D eigenvalue weighted by Crippen LogP contribution is 2.28. The minimum absolute atomic E-state index is 0.0806. The molecule has 1 aromatic heterocycles. The molecular weight excluding hydrogens is 304 g/mol. The number of carbonyl (C=O) groups is 1. The van der Waals surface area contributed by atoms with Crippen LogP contribution in [-0.2, 0) is 0 Å². The highest BCUT2D eigenvalue weighted by Gasteiger charge is 2.15. The molecule has 0 unspecified atom stereocenters. The van der Waals surface area contributed by atoms with Crippen molar-refractivity contribution in [2.75, 3.05) is 12.4 Å². The molecule has 1 aromatic carbocycles. The SMILES string of the molecule is COc1ccc(NC(=O)c2ccc([N+](=O)[O-])s2)cc1Cl. The Morgan fingerprint density at radius 3 is 2.70 bits per heavy atom. The molecule has 0 spiro atoms. The van der Waals surface area contributed by atoms with Crippen molar-refractivity contribution in [3.63, 3.8) is 0 Å². The van der Waals surface area contributed by atoms with E-state index in [1.807, 2.05) is 0 Å². The van der Waals surface area contributed by atoms with Gasteiger partial charge >= 0.3 is 5.00 Å². The smallest absolute Gasteiger partial charge is 0.324 e. The summed E-state index contributed by atoms with van der Waals surface area (Å²) in [5.41, 5.74) is 0.483. The predicted molar refractivity (Wildman–Crippen MR) is 76.9 cm³/mol. The third-order valence-electron chi connectivity index (χ3n) is 2.41. The second-order valence-electron chi connectivity index (χ2n) is 3.70. The molecular formula is C12H9ClN2O4S. The lowest BCUT2D eigenvalue weighted by molar-refractivity contribution is -0.380. The maximum absolute atomic E-state index is 11.9. The summed E-state index contributed by atoms with van der Waals surface area (Å²) in [6.07, 6.45) is 0. The molecule has 1 heterocycles. The van der Waals surface area contributed by atoms with Gasteiger partial charge in [-0.15, -0.1) is 0 Å². The van der Waals surface area contributed by atoms with Gasteiger partial charge in [0.05, 0.1) is 21.9 Å². The summed E-state index contributed by atoms with van der Waals surface area (Å²) in [6.45, 7) is 0. The van der Waals surface area contributed by atoms with Crippen LogP contribution in [0.25, 0.3) is 0 Å². The third-order valence-corrected chi connectivity index (χ3v) is 3.74. The van der Waals surface area contributed by atoms with Gasteiger partial charge < -0.3 is 10.1 Å². The molecule has 0 aliphatic rings. The molecule has 104 valence electrons. The molecule has 0 aliphatic carbocycles. The van der Waals surface area contributed by atoms with Crippen LogP contribution < -0.4 is 10.1 Å². The van der Waals surface area contributed by atoms with Crippen LogP contribution in [0.3, 0.4) is 0 Å². The number of carbonyl (C=O) groups excluding carboxylic acids is 1. The second kappa shape index (κ2) is 5.89. The Hall–Kier alpha value is -2.12. The third kappa shape index (κ3) is 3.06. The number of benzene rings is 1. The lowest BCUT2D eigenvalue weighted by Crippen LogP contribution is -2.09. The van der Waals surface area contributed by atoms with Crippen molar-refractivity contribution in [2.45, 2.75) is 0 Å². The minimum atomic E-state index is -0.536. The number of anilines is 1. The molecule has 6 nitrogen and oxygen atoms in total. The van der Waals surface area contributed by atoms with E-state index in [1.54, 1.807) is 18.2 Å². The Morgan fingerprint density at radius 2 is 2.15 bits per heavy atom. The van der Waals surface area contributed by atoms with Crippen LogP contribution >= 0.6 is 22.9 Å². The summed E-state index contributed by atoms with van der Waals surface area (Å²) in [7, 11) is 1.49. The van der Waals surface area contributed by atoms with Crippen molar-refractivity contribution in [1.29, 1.82) is 0 Å². The Kier molecular flexibility index (Phi) is 4.21. The molecule has 0 aliphatic heterocycles. The molecule has 1 amide bonds. The molecule has 2 aromatic rings. The van der Waals surface area contributed by atoms with E-state index in [4.69, 9.17) is 16.3 Å². The fourth-order valence-electron chi connectivity index (χ4n) is 1.48. The summed E-state index contributed by atoms with van der Waals surface area (Å²) < 4.78 is 5.00. The van der Waals surface area contributed by atoms with Gasteiger partial charge in [0.1, 0.15) is 5.75 Å². The number of nitro groups is 1. The van der Waals surface area contributed by atoms with Crippen molar-refractivity contribution in [3.8, 4) is 5.75 Å². The van der Waals surface area contributed by atoms with E-state index in [9.17, 15) is 14.9 Å². The number of nitrogens with zero attached hydrogens (tertiary/aromatic N) is 1. The van der Waals surface area contributed by atoms with Gasteiger partial charge in [0.15, 0.2) is 0 Å². The van der Waals surface area contributed by atoms with E-state index in [0.717, 1.165) is 11.3 Å². The van der Waals surface area contributed by atoms with Gasteiger partial charge in [-0.3, -0.25) is 14.9 Å².